The fourth-order valence-electron chi connectivity index (χ4n) is 2.25. The van der Waals surface area contributed by atoms with Crippen LogP contribution in [0.5, 0.6) is 5.75 Å². The number of rotatable bonds is 9. The van der Waals surface area contributed by atoms with E-state index in [9.17, 15) is 4.79 Å². The van der Waals surface area contributed by atoms with Crippen molar-refractivity contribution in [3.05, 3.63) is 36.9 Å². The molecule has 0 bridgehead atoms. The van der Waals surface area contributed by atoms with Gasteiger partial charge in [-0.1, -0.05) is 26.8 Å². The second kappa shape index (κ2) is 9.26. The van der Waals surface area contributed by atoms with Gasteiger partial charge in [0.2, 0.25) is 5.91 Å². The molecule has 1 amide bonds. The average molecular weight is 304 g/mol. The average Bonchev–Trinajstić information content (AvgIpc) is 2.44. The van der Waals surface area contributed by atoms with Crippen molar-refractivity contribution >= 4 is 11.6 Å². The summed E-state index contributed by atoms with van der Waals surface area (Å²) >= 11 is 0. The van der Waals surface area contributed by atoms with E-state index < -0.39 is 0 Å². The Hall–Kier alpha value is -1.81. The first-order chi connectivity index (χ1) is 10.4. The SMILES string of the molecule is C=CCC(NC(C)C)C(C)COc1ccc(NC(C)=O)cc1. The normalized spacial score (nSPS) is 13.5. The Labute approximate surface area is 133 Å². The van der Waals surface area contributed by atoms with Gasteiger partial charge >= 0.3 is 0 Å². The Morgan fingerprint density at radius 2 is 1.91 bits per heavy atom. The highest BCUT2D eigenvalue weighted by Gasteiger charge is 2.17. The zero-order valence-corrected chi connectivity index (χ0v) is 14.1. The predicted molar refractivity (Wildman–Crippen MR) is 92.3 cm³/mol. The van der Waals surface area contributed by atoms with Gasteiger partial charge in [-0.05, 0) is 30.7 Å². The molecule has 22 heavy (non-hydrogen) atoms. The lowest BCUT2D eigenvalue weighted by molar-refractivity contribution is -0.114. The van der Waals surface area contributed by atoms with Gasteiger partial charge in [0.1, 0.15) is 5.75 Å². The molecule has 0 aromatic heterocycles. The van der Waals surface area contributed by atoms with E-state index in [2.05, 4.69) is 38.0 Å². The van der Waals surface area contributed by atoms with Crippen molar-refractivity contribution in [2.45, 2.75) is 46.2 Å². The highest BCUT2D eigenvalue weighted by atomic mass is 16.5. The van der Waals surface area contributed by atoms with Crippen LogP contribution in [0.15, 0.2) is 36.9 Å². The maximum Gasteiger partial charge on any atom is 0.221 e. The molecule has 0 radical (unpaired) electrons. The van der Waals surface area contributed by atoms with Crippen LogP contribution in [0.1, 0.15) is 34.1 Å². The summed E-state index contributed by atoms with van der Waals surface area (Å²) in [5.74, 6) is 1.10. The Morgan fingerprint density at radius 3 is 2.41 bits per heavy atom. The lowest BCUT2D eigenvalue weighted by atomic mass is 9.99. The van der Waals surface area contributed by atoms with Crippen molar-refractivity contribution in [3.8, 4) is 5.75 Å². The van der Waals surface area contributed by atoms with Crippen molar-refractivity contribution in [2.75, 3.05) is 11.9 Å². The lowest BCUT2D eigenvalue weighted by Crippen LogP contribution is -2.41. The summed E-state index contributed by atoms with van der Waals surface area (Å²) < 4.78 is 5.85. The first kappa shape index (κ1) is 18.2. The van der Waals surface area contributed by atoms with E-state index in [-0.39, 0.29) is 5.91 Å². The van der Waals surface area contributed by atoms with E-state index in [0.29, 0.717) is 24.6 Å². The topological polar surface area (TPSA) is 50.4 Å². The molecule has 0 spiro atoms. The minimum atomic E-state index is -0.0747. The number of anilines is 1. The number of hydrogen-bond acceptors (Lipinski definition) is 3. The van der Waals surface area contributed by atoms with Gasteiger partial charge in [-0.2, -0.15) is 0 Å². The molecule has 0 saturated carbocycles. The molecule has 2 unspecified atom stereocenters. The Morgan fingerprint density at radius 1 is 1.27 bits per heavy atom. The van der Waals surface area contributed by atoms with Crippen LogP contribution in [0.2, 0.25) is 0 Å². The quantitative estimate of drug-likeness (QED) is 0.685. The number of ether oxygens (including phenoxy) is 1. The van der Waals surface area contributed by atoms with Crippen molar-refractivity contribution in [1.29, 1.82) is 0 Å². The number of benzene rings is 1. The summed E-state index contributed by atoms with van der Waals surface area (Å²) in [7, 11) is 0. The zero-order valence-electron chi connectivity index (χ0n) is 14.1. The van der Waals surface area contributed by atoms with Gasteiger partial charge in [0.05, 0.1) is 6.61 Å². The van der Waals surface area contributed by atoms with Crippen molar-refractivity contribution < 1.29 is 9.53 Å². The van der Waals surface area contributed by atoms with Crippen LogP contribution in [0, 0.1) is 5.92 Å². The molecule has 4 nitrogen and oxygen atoms in total. The van der Waals surface area contributed by atoms with E-state index in [1.807, 2.05) is 30.3 Å². The molecule has 1 aromatic rings. The van der Waals surface area contributed by atoms with E-state index >= 15 is 0 Å². The van der Waals surface area contributed by atoms with Gasteiger partial charge in [0.15, 0.2) is 0 Å². The van der Waals surface area contributed by atoms with E-state index in [1.54, 1.807) is 0 Å². The molecule has 0 heterocycles. The van der Waals surface area contributed by atoms with E-state index in [0.717, 1.165) is 17.9 Å². The van der Waals surface area contributed by atoms with Gasteiger partial charge in [-0.15, -0.1) is 6.58 Å². The van der Waals surface area contributed by atoms with Gasteiger partial charge in [-0.25, -0.2) is 0 Å². The molecule has 0 aliphatic rings. The summed E-state index contributed by atoms with van der Waals surface area (Å²) in [5, 5.41) is 6.29. The van der Waals surface area contributed by atoms with E-state index in [1.165, 1.54) is 6.92 Å². The molecule has 0 saturated heterocycles. The molecular weight excluding hydrogens is 276 g/mol. The molecule has 0 aliphatic heterocycles. The third-order valence-corrected chi connectivity index (χ3v) is 3.34. The summed E-state index contributed by atoms with van der Waals surface area (Å²) in [4.78, 5) is 11.0. The van der Waals surface area contributed by atoms with Crippen LogP contribution < -0.4 is 15.4 Å². The smallest absolute Gasteiger partial charge is 0.221 e. The van der Waals surface area contributed by atoms with Crippen molar-refractivity contribution in [1.82, 2.24) is 5.32 Å². The maximum absolute atomic E-state index is 11.0. The summed E-state index contributed by atoms with van der Waals surface area (Å²) in [6, 6.07) is 8.22. The number of carbonyl (C=O) groups excluding carboxylic acids is 1. The van der Waals surface area contributed by atoms with Gasteiger partial charge in [0, 0.05) is 30.6 Å². The molecular formula is C18H28N2O2. The maximum atomic E-state index is 11.0. The number of nitrogens with one attached hydrogen (secondary N) is 2. The third kappa shape index (κ3) is 6.76. The first-order valence-electron chi connectivity index (χ1n) is 7.79. The Kier molecular flexibility index (Phi) is 7.67. The monoisotopic (exact) mass is 304 g/mol. The van der Waals surface area contributed by atoms with Gasteiger partial charge < -0.3 is 15.4 Å². The molecule has 2 N–H and O–H groups in total. The largest absolute Gasteiger partial charge is 0.493 e. The summed E-state index contributed by atoms with van der Waals surface area (Å²) in [5.41, 5.74) is 0.777. The highest BCUT2D eigenvalue weighted by Crippen LogP contribution is 2.18. The van der Waals surface area contributed by atoms with Gasteiger partial charge in [-0.3, -0.25) is 4.79 Å². The molecule has 0 fully saturated rings. The molecule has 2 atom stereocenters. The van der Waals surface area contributed by atoms with Crippen molar-refractivity contribution in [2.24, 2.45) is 5.92 Å². The fourth-order valence-corrected chi connectivity index (χ4v) is 2.25. The minimum absolute atomic E-state index is 0.0747. The summed E-state index contributed by atoms with van der Waals surface area (Å²) in [6.07, 6.45) is 2.86. The van der Waals surface area contributed by atoms with Crippen LogP contribution in [0.3, 0.4) is 0 Å². The molecule has 1 rings (SSSR count). The van der Waals surface area contributed by atoms with Crippen LogP contribution in [-0.4, -0.2) is 24.6 Å². The third-order valence-electron chi connectivity index (χ3n) is 3.34. The van der Waals surface area contributed by atoms with Crippen LogP contribution in [0.25, 0.3) is 0 Å². The van der Waals surface area contributed by atoms with Crippen molar-refractivity contribution in [3.63, 3.8) is 0 Å². The highest BCUT2D eigenvalue weighted by molar-refractivity contribution is 5.88. The molecule has 1 aromatic carbocycles. The van der Waals surface area contributed by atoms with E-state index in [4.69, 9.17) is 4.74 Å². The lowest BCUT2D eigenvalue weighted by Gasteiger charge is -2.26. The van der Waals surface area contributed by atoms with Crippen LogP contribution in [-0.2, 0) is 4.79 Å². The zero-order chi connectivity index (χ0) is 16.5. The second-order valence-corrected chi connectivity index (χ2v) is 5.95. The Balaban J connectivity index is 2.52. The van der Waals surface area contributed by atoms with Gasteiger partial charge in [0.25, 0.3) is 0 Å². The number of hydrogen-bond donors (Lipinski definition) is 2. The predicted octanol–water partition coefficient (Wildman–Crippen LogP) is 3.60. The number of carbonyl (C=O) groups is 1. The van der Waals surface area contributed by atoms with Crippen LogP contribution >= 0.6 is 0 Å². The second-order valence-electron chi connectivity index (χ2n) is 5.95. The van der Waals surface area contributed by atoms with Crippen LogP contribution in [0.4, 0.5) is 5.69 Å². The fraction of sp³-hybridized carbons (Fsp3) is 0.500. The first-order valence-corrected chi connectivity index (χ1v) is 7.79. The minimum Gasteiger partial charge on any atom is -0.493 e. The molecule has 0 aliphatic carbocycles. The Bertz CT molecular complexity index is 468. The summed E-state index contributed by atoms with van der Waals surface area (Å²) in [6.45, 7) is 12.4. The number of amides is 1. The standard InChI is InChI=1S/C18H28N2O2/c1-6-7-18(19-13(2)3)14(4)12-22-17-10-8-16(9-11-17)20-15(5)21/h6,8-11,13-14,18-19H,1,7,12H2,2-5H3,(H,20,21). The molecule has 122 valence electrons. The molecule has 4 heteroatoms.